The number of carbonyl (C=O) groups excluding carboxylic acids is 1. The van der Waals surface area contributed by atoms with Gasteiger partial charge in [-0.3, -0.25) is 14.6 Å². The van der Waals surface area contributed by atoms with Crippen molar-refractivity contribution in [2.45, 2.75) is 26.4 Å². The van der Waals surface area contributed by atoms with Crippen molar-refractivity contribution in [1.29, 1.82) is 0 Å². The molecule has 0 spiro atoms. The van der Waals surface area contributed by atoms with E-state index in [1.165, 1.54) is 11.1 Å². The molecule has 2 aliphatic rings. The van der Waals surface area contributed by atoms with Gasteiger partial charge in [-0.2, -0.15) is 5.10 Å². The number of fused-ring (bicyclic) bond motifs is 3. The van der Waals surface area contributed by atoms with Crippen molar-refractivity contribution in [2.24, 2.45) is 10.9 Å². The quantitative estimate of drug-likeness (QED) is 0.381. The number of rotatable bonds is 6. The van der Waals surface area contributed by atoms with E-state index in [1.54, 1.807) is 11.9 Å². The number of benzene rings is 3. The highest BCUT2D eigenvalue weighted by molar-refractivity contribution is 6.20. The van der Waals surface area contributed by atoms with Crippen molar-refractivity contribution in [3.05, 3.63) is 96.1 Å². The third-order valence-corrected chi connectivity index (χ3v) is 7.10. The second-order valence-electron chi connectivity index (χ2n) is 9.97. The highest BCUT2D eigenvalue weighted by atomic mass is 16.2. The first kappa shape index (κ1) is 23.0. The van der Waals surface area contributed by atoms with Crippen LogP contribution >= 0.6 is 0 Å². The van der Waals surface area contributed by atoms with Crippen LogP contribution in [0.4, 0.5) is 17.3 Å². The van der Waals surface area contributed by atoms with Crippen LogP contribution in [0, 0.1) is 5.92 Å². The summed E-state index contributed by atoms with van der Waals surface area (Å²) in [6.07, 6.45) is 0. The maximum Gasteiger partial charge on any atom is 0.267 e. The smallest absolute Gasteiger partial charge is 0.267 e. The number of nitrogens with zero attached hydrogens (tertiary/aromatic N) is 5. The lowest BCUT2D eigenvalue weighted by Gasteiger charge is -2.30. The zero-order valence-electron chi connectivity index (χ0n) is 21.3. The van der Waals surface area contributed by atoms with Gasteiger partial charge >= 0.3 is 0 Å². The third kappa shape index (κ3) is 4.16. The van der Waals surface area contributed by atoms with Crippen LogP contribution in [0.15, 0.2) is 89.9 Å². The topological polar surface area (TPSA) is 65.8 Å². The molecule has 37 heavy (non-hydrogen) atoms. The predicted octanol–water partition coefficient (Wildman–Crippen LogP) is 5.63. The summed E-state index contributed by atoms with van der Waals surface area (Å²) in [6.45, 7) is 5.57. The highest BCUT2D eigenvalue weighted by Gasteiger charge is 2.43. The Morgan fingerprint density at radius 2 is 1.57 bits per heavy atom. The van der Waals surface area contributed by atoms with E-state index in [2.05, 4.69) is 60.5 Å². The second-order valence-corrected chi connectivity index (χ2v) is 9.97. The van der Waals surface area contributed by atoms with Gasteiger partial charge in [-0.1, -0.05) is 86.6 Å². The summed E-state index contributed by atoms with van der Waals surface area (Å²) in [4.78, 5) is 22.2. The average molecular weight is 491 g/mol. The van der Waals surface area contributed by atoms with Crippen LogP contribution in [0.5, 0.6) is 0 Å². The first-order valence-corrected chi connectivity index (χ1v) is 12.7. The molecule has 0 saturated carbocycles. The van der Waals surface area contributed by atoms with Gasteiger partial charge in [0, 0.05) is 12.7 Å². The fourth-order valence-electron chi connectivity index (χ4n) is 4.94. The first-order chi connectivity index (χ1) is 18.0. The van der Waals surface area contributed by atoms with E-state index in [1.807, 2.05) is 53.2 Å². The van der Waals surface area contributed by atoms with Gasteiger partial charge in [-0.15, -0.1) is 0 Å². The Morgan fingerprint density at radius 1 is 0.919 bits per heavy atom. The van der Waals surface area contributed by atoms with Crippen molar-refractivity contribution in [1.82, 2.24) is 14.7 Å². The van der Waals surface area contributed by atoms with Gasteiger partial charge in [0.05, 0.1) is 19.1 Å². The van der Waals surface area contributed by atoms with Crippen LogP contribution in [-0.2, 0) is 6.54 Å². The van der Waals surface area contributed by atoms with E-state index in [-0.39, 0.29) is 11.9 Å². The van der Waals surface area contributed by atoms with E-state index in [4.69, 9.17) is 10.1 Å². The van der Waals surface area contributed by atoms with Crippen LogP contribution in [0.25, 0.3) is 11.1 Å². The Kier molecular flexibility index (Phi) is 5.75. The molecule has 3 aromatic carbocycles. The number of aliphatic imine (C=N–C) groups is 1. The average Bonchev–Trinajstić information content (AvgIpc) is 3.52. The van der Waals surface area contributed by atoms with Crippen molar-refractivity contribution >= 4 is 29.2 Å². The highest BCUT2D eigenvalue weighted by Crippen LogP contribution is 2.38. The van der Waals surface area contributed by atoms with Gasteiger partial charge in [0.2, 0.25) is 5.96 Å². The molecule has 1 amide bonds. The Hall–Kier alpha value is -4.39. The minimum Gasteiger partial charge on any atom is -0.340 e. The minimum atomic E-state index is -0.0986. The van der Waals surface area contributed by atoms with Crippen LogP contribution in [0.2, 0.25) is 0 Å². The number of guanidine groups is 1. The zero-order valence-corrected chi connectivity index (χ0v) is 21.3. The van der Waals surface area contributed by atoms with E-state index in [0.717, 1.165) is 11.3 Å². The monoisotopic (exact) mass is 490 g/mol. The van der Waals surface area contributed by atoms with Gasteiger partial charge in [0.1, 0.15) is 11.4 Å². The van der Waals surface area contributed by atoms with Gasteiger partial charge in [-0.25, -0.2) is 9.67 Å². The van der Waals surface area contributed by atoms with E-state index >= 15 is 0 Å². The Balaban J connectivity index is 1.40. The number of aromatic nitrogens is 2. The second kappa shape index (κ2) is 9.24. The number of anilines is 3. The Morgan fingerprint density at radius 3 is 2.24 bits per heavy atom. The predicted molar refractivity (Wildman–Crippen MR) is 148 cm³/mol. The fourth-order valence-corrected chi connectivity index (χ4v) is 4.94. The number of hydrogen-bond acceptors (Lipinski definition) is 5. The van der Waals surface area contributed by atoms with Gasteiger partial charge in [0.25, 0.3) is 5.91 Å². The molecule has 0 radical (unpaired) electrons. The van der Waals surface area contributed by atoms with Crippen molar-refractivity contribution < 1.29 is 4.79 Å². The van der Waals surface area contributed by atoms with Crippen molar-refractivity contribution in [2.75, 3.05) is 23.8 Å². The molecule has 186 valence electrons. The molecule has 7 nitrogen and oxygen atoms in total. The van der Waals surface area contributed by atoms with Crippen LogP contribution < -0.4 is 10.2 Å². The first-order valence-electron chi connectivity index (χ1n) is 12.7. The summed E-state index contributed by atoms with van der Waals surface area (Å²) in [5, 5.41) is 8.49. The Bertz CT molecular complexity index is 1460. The number of nitrogens with one attached hydrogen (secondary N) is 1. The molecule has 0 aliphatic carbocycles. The van der Waals surface area contributed by atoms with Gasteiger partial charge in [-0.05, 0) is 34.7 Å². The summed E-state index contributed by atoms with van der Waals surface area (Å²) < 4.78 is 1.91. The van der Waals surface area contributed by atoms with Crippen LogP contribution in [0.3, 0.4) is 0 Å². The largest absolute Gasteiger partial charge is 0.340 e. The molecular weight excluding hydrogens is 460 g/mol. The van der Waals surface area contributed by atoms with E-state index in [0.29, 0.717) is 42.2 Å². The molecule has 7 heteroatoms. The molecule has 3 heterocycles. The fraction of sp³-hybridized carbons (Fsp3) is 0.233. The summed E-state index contributed by atoms with van der Waals surface area (Å²) >= 11 is 0. The lowest BCUT2D eigenvalue weighted by atomic mass is 10.0. The van der Waals surface area contributed by atoms with E-state index in [9.17, 15) is 4.79 Å². The molecule has 0 fully saturated rings. The number of hydrogen-bond donors (Lipinski definition) is 1. The normalized spacial score (nSPS) is 16.6. The molecule has 6 rings (SSSR count). The van der Waals surface area contributed by atoms with Crippen LogP contribution in [-0.4, -0.2) is 46.2 Å². The zero-order chi connectivity index (χ0) is 25.5. The summed E-state index contributed by atoms with van der Waals surface area (Å²) in [5.41, 5.74) is 4.94. The van der Waals surface area contributed by atoms with Crippen molar-refractivity contribution in [3.63, 3.8) is 0 Å². The summed E-state index contributed by atoms with van der Waals surface area (Å²) in [7, 11) is 1.80. The molecule has 2 aliphatic heterocycles. The maximum absolute atomic E-state index is 13.6. The molecule has 4 aromatic rings. The number of para-hydroxylation sites is 1. The maximum atomic E-state index is 13.6. The third-order valence-electron chi connectivity index (χ3n) is 7.10. The molecule has 1 atom stereocenters. The summed E-state index contributed by atoms with van der Waals surface area (Å²) in [6, 6.07) is 28.9. The summed E-state index contributed by atoms with van der Waals surface area (Å²) in [5.74, 6) is 2.32. The van der Waals surface area contributed by atoms with Gasteiger partial charge in [0.15, 0.2) is 5.82 Å². The Labute approximate surface area is 217 Å². The number of amides is 1. The molecule has 1 unspecified atom stereocenters. The molecule has 0 saturated heterocycles. The molecule has 1 N–H and O–H groups in total. The molecule has 0 bridgehead atoms. The number of carbonyl (C=O) groups is 1. The van der Waals surface area contributed by atoms with Gasteiger partial charge < -0.3 is 5.32 Å². The minimum absolute atomic E-state index is 0.0986. The van der Waals surface area contributed by atoms with Crippen LogP contribution in [0.1, 0.15) is 29.8 Å². The lowest BCUT2D eigenvalue weighted by molar-refractivity contribution is 0.0866. The SMILES string of the molecule is CC(C)C1CN2C(=N1)N(C)C(=O)c1c2nn(Cc2ccc(-c3ccccc3)cc2)c1Nc1ccccc1. The molecular formula is C30H30N6O. The van der Waals surface area contributed by atoms with Crippen molar-refractivity contribution in [3.8, 4) is 11.1 Å². The lowest BCUT2D eigenvalue weighted by Crippen LogP contribution is -2.48. The molecule has 1 aromatic heterocycles. The van der Waals surface area contributed by atoms with E-state index < -0.39 is 0 Å². The standard InChI is InChI=1S/C30H30N6O/c1-20(2)25-19-35-28-26(29(37)34(3)30(35)32-25)27(31-24-12-8-5-9-13-24)36(33-28)18-21-14-16-23(17-15-21)22-10-6-4-7-11-22/h4-17,20,25,31H,18-19H2,1-3H3.